The van der Waals surface area contributed by atoms with Gasteiger partial charge in [-0.3, -0.25) is 0 Å². The molecule has 1 aliphatic heterocycles. The Labute approximate surface area is 98.2 Å². The summed E-state index contributed by atoms with van der Waals surface area (Å²) in [6, 6.07) is 0.376. The third kappa shape index (κ3) is 2.11. The van der Waals surface area contributed by atoms with E-state index in [1.165, 1.54) is 0 Å². The van der Waals surface area contributed by atoms with Gasteiger partial charge in [-0.15, -0.1) is 0 Å². The van der Waals surface area contributed by atoms with Crippen LogP contribution in [0, 0.1) is 17.3 Å². The molecule has 1 heterocycles. The fourth-order valence-electron chi connectivity index (χ4n) is 3.60. The van der Waals surface area contributed by atoms with Gasteiger partial charge in [0.1, 0.15) is 0 Å². The van der Waals surface area contributed by atoms with Gasteiger partial charge < -0.3 is 4.90 Å². The van der Waals surface area contributed by atoms with Gasteiger partial charge in [-0.1, -0.05) is 27.7 Å². The normalized spacial score (nSPS) is 38.1. The van der Waals surface area contributed by atoms with Crippen molar-refractivity contribution in [2.24, 2.45) is 17.3 Å². The van der Waals surface area contributed by atoms with Crippen molar-refractivity contribution in [2.45, 2.75) is 53.0 Å². The summed E-state index contributed by atoms with van der Waals surface area (Å²) in [7, 11) is 2.07. The van der Waals surface area contributed by atoms with Crippen LogP contribution in [0.5, 0.6) is 0 Å². The van der Waals surface area contributed by atoms with Crippen LogP contribution in [0.4, 0.5) is 8.78 Å². The molecule has 0 bridgehead atoms. The Morgan fingerprint density at radius 1 is 1.25 bits per heavy atom. The van der Waals surface area contributed by atoms with E-state index < -0.39 is 6.43 Å². The topological polar surface area (TPSA) is 3.24 Å². The fourth-order valence-corrected chi connectivity index (χ4v) is 3.60. The molecule has 0 radical (unpaired) electrons. The summed E-state index contributed by atoms with van der Waals surface area (Å²) in [6.07, 6.45) is -0.387. The highest BCUT2D eigenvalue weighted by Gasteiger charge is 2.66. The fraction of sp³-hybridized carbons (Fsp3) is 1.00. The molecule has 0 aromatic carbocycles. The molecule has 1 aliphatic carbocycles. The Morgan fingerprint density at radius 2 is 1.81 bits per heavy atom. The van der Waals surface area contributed by atoms with Gasteiger partial charge in [-0.05, 0) is 37.8 Å². The number of hydrogen-bond donors (Lipinski definition) is 0. The molecule has 2 fully saturated rings. The van der Waals surface area contributed by atoms with Crippen LogP contribution in [0.25, 0.3) is 0 Å². The predicted molar refractivity (Wildman–Crippen MR) is 63.8 cm³/mol. The molecule has 0 amide bonds. The van der Waals surface area contributed by atoms with E-state index in [0.717, 1.165) is 19.4 Å². The molecule has 0 aromatic rings. The predicted octanol–water partition coefficient (Wildman–Crippen LogP) is 3.64. The smallest absolute Gasteiger partial charge is 0.242 e. The minimum absolute atomic E-state index is 0.0307. The Bertz CT molecular complexity index is 230. The van der Waals surface area contributed by atoms with E-state index in [9.17, 15) is 8.78 Å². The van der Waals surface area contributed by atoms with Crippen LogP contribution in [0.2, 0.25) is 0 Å². The van der Waals surface area contributed by atoms with E-state index in [1.54, 1.807) is 0 Å². The van der Waals surface area contributed by atoms with Crippen LogP contribution in [-0.2, 0) is 0 Å². The molecule has 1 spiro atoms. The molecule has 3 atom stereocenters. The maximum Gasteiger partial charge on any atom is 0.242 e. The van der Waals surface area contributed by atoms with Gasteiger partial charge in [0.2, 0.25) is 6.43 Å². The first kappa shape index (κ1) is 13.9. The average Bonchev–Trinajstić information content (AvgIpc) is 2.83. The summed E-state index contributed by atoms with van der Waals surface area (Å²) in [4.78, 5) is 2.27. The second-order valence-electron chi connectivity index (χ2n) is 5.30. The summed E-state index contributed by atoms with van der Waals surface area (Å²) in [5, 5.41) is 0. The maximum absolute atomic E-state index is 12.7. The molecule has 16 heavy (non-hydrogen) atoms. The van der Waals surface area contributed by atoms with E-state index >= 15 is 0 Å². The van der Waals surface area contributed by atoms with Gasteiger partial charge in [-0.2, -0.15) is 0 Å². The molecule has 0 aromatic heterocycles. The number of alkyl halides is 2. The van der Waals surface area contributed by atoms with E-state index in [0.29, 0.717) is 12.0 Å². The molecule has 1 nitrogen and oxygen atoms in total. The second-order valence-corrected chi connectivity index (χ2v) is 5.30. The SMILES string of the molecule is CC.CC(C)C1N(C)CCC12CC2C(F)F. The van der Waals surface area contributed by atoms with Gasteiger partial charge in [0, 0.05) is 12.0 Å². The van der Waals surface area contributed by atoms with Crippen LogP contribution in [0.3, 0.4) is 0 Å². The van der Waals surface area contributed by atoms with Gasteiger partial charge in [-0.25, -0.2) is 8.78 Å². The number of likely N-dealkylation sites (tertiary alicyclic amines) is 1. The largest absolute Gasteiger partial charge is 0.303 e. The average molecular weight is 233 g/mol. The maximum atomic E-state index is 12.7. The molecule has 0 N–H and O–H groups in total. The zero-order valence-electron chi connectivity index (χ0n) is 11.1. The number of halogens is 2. The third-order valence-electron chi connectivity index (χ3n) is 4.11. The van der Waals surface area contributed by atoms with Crippen molar-refractivity contribution in [3.8, 4) is 0 Å². The van der Waals surface area contributed by atoms with Gasteiger partial charge >= 0.3 is 0 Å². The Morgan fingerprint density at radius 3 is 2.19 bits per heavy atom. The first-order valence-electron chi connectivity index (χ1n) is 6.47. The number of nitrogens with zero attached hydrogens (tertiary/aromatic N) is 1. The van der Waals surface area contributed by atoms with Crippen molar-refractivity contribution in [3.05, 3.63) is 0 Å². The summed E-state index contributed by atoms with van der Waals surface area (Å²) in [6.45, 7) is 9.29. The lowest BCUT2D eigenvalue weighted by molar-refractivity contribution is 0.0864. The molecule has 3 unspecified atom stereocenters. The van der Waals surface area contributed by atoms with Gasteiger partial charge in [0.25, 0.3) is 0 Å². The van der Waals surface area contributed by atoms with E-state index in [4.69, 9.17) is 0 Å². The standard InChI is InChI=1S/C11H19F2N.C2H6/c1-7(2)9-11(4-5-14(9)3)6-8(11)10(12)13;1-2/h7-10H,4-6H2,1-3H3;1-2H3. The van der Waals surface area contributed by atoms with Crippen molar-refractivity contribution >= 4 is 0 Å². The highest BCUT2D eigenvalue weighted by Crippen LogP contribution is 2.65. The van der Waals surface area contributed by atoms with Crippen molar-refractivity contribution < 1.29 is 8.78 Å². The molecule has 2 rings (SSSR count). The van der Waals surface area contributed by atoms with E-state index in [1.807, 2.05) is 13.8 Å². The quantitative estimate of drug-likeness (QED) is 0.704. The highest BCUT2D eigenvalue weighted by molar-refractivity contribution is 5.14. The first-order valence-corrected chi connectivity index (χ1v) is 6.47. The van der Waals surface area contributed by atoms with Crippen LogP contribution in [-0.4, -0.2) is 31.0 Å². The molecule has 96 valence electrons. The van der Waals surface area contributed by atoms with Crippen molar-refractivity contribution in [1.29, 1.82) is 0 Å². The van der Waals surface area contributed by atoms with Crippen molar-refractivity contribution in [3.63, 3.8) is 0 Å². The number of hydrogen-bond acceptors (Lipinski definition) is 1. The van der Waals surface area contributed by atoms with Crippen LogP contribution in [0.1, 0.15) is 40.5 Å². The van der Waals surface area contributed by atoms with Gasteiger partial charge in [0.05, 0.1) is 0 Å². The van der Waals surface area contributed by atoms with Gasteiger partial charge in [0.15, 0.2) is 0 Å². The zero-order valence-corrected chi connectivity index (χ0v) is 11.1. The zero-order chi connectivity index (χ0) is 12.5. The van der Waals surface area contributed by atoms with E-state index in [-0.39, 0.29) is 11.3 Å². The molecular formula is C13H25F2N. The summed E-state index contributed by atoms with van der Waals surface area (Å²) in [5.74, 6) is 0.172. The lowest BCUT2D eigenvalue weighted by Crippen LogP contribution is -2.36. The van der Waals surface area contributed by atoms with Crippen LogP contribution >= 0.6 is 0 Å². The Hall–Kier alpha value is -0.180. The molecule has 1 saturated carbocycles. The second kappa shape index (κ2) is 4.99. The summed E-state index contributed by atoms with van der Waals surface area (Å²) >= 11 is 0. The highest BCUT2D eigenvalue weighted by atomic mass is 19.3. The molecule has 3 heteroatoms. The first-order chi connectivity index (χ1) is 7.49. The molecule has 2 aliphatic rings. The van der Waals surface area contributed by atoms with Crippen LogP contribution < -0.4 is 0 Å². The van der Waals surface area contributed by atoms with Crippen molar-refractivity contribution in [1.82, 2.24) is 4.90 Å². The van der Waals surface area contributed by atoms with Crippen LogP contribution in [0.15, 0.2) is 0 Å². The Kier molecular flexibility index (Phi) is 4.33. The summed E-state index contributed by atoms with van der Waals surface area (Å²) < 4.78 is 25.3. The lowest BCUT2D eigenvalue weighted by atomic mass is 9.86. The molecule has 1 saturated heterocycles. The number of rotatable bonds is 2. The van der Waals surface area contributed by atoms with Crippen molar-refractivity contribution in [2.75, 3.05) is 13.6 Å². The Balaban J connectivity index is 0.000000606. The van der Waals surface area contributed by atoms with E-state index in [2.05, 4.69) is 25.8 Å². The monoisotopic (exact) mass is 233 g/mol. The minimum atomic E-state index is -2.11. The minimum Gasteiger partial charge on any atom is -0.303 e. The summed E-state index contributed by atoms with van der Waals surface area (Å²) in [5.41, 5.74) is -0.0307. The molecular weight excluding hydrogens is 208 g/mol. The lowest BCUT2D eigenvalue weighted by Gasteiger charge is -2.29. The third-order valence-corrected chi connectivity index (χ3v) is 4.11.